The van der Waals surface area contributed by atoms with Gasteiger partial charge in [-0.3, -0.25) is 14.6 Å². The highest BCUT2D eigenvalue weighted by molar-refractivity contribution is 6.07. The molecular weight excluding hydrogens is 328 g/mol. The highest BCUT2D eigenvalue weighted by Crippen LogP contribution is 2.29. The van der Waals surface area contributed by atoms with Gasteiger partial charge >= 0.3 is 0 Å². The molecule has 0 unspecified atom stereocenters. The summed E-state index contributed by atoms with van der Waals surface area (Å²) in [4.78, 5) is 34.6. The van der Waals surface area contributed by atoms with Crippen molar-refractivity contribution >= 4 is 23.2 Å². The second kappa shape index (κ2) is 6.78. The smallest absolute Gasteiger partial charge is 0.259 e. The third kappa shape index (κ3) is 3.03. The Kier molecular flexibility index (Phi) is 4.32. The van der Waals surface area contributed by atoms with Crippen LogP contribution in [0.4, 0.5) is 11.4 Å². The van der Waals surface area contributed by atoms with Gasteiger partial charge in [-0.1, -0.05) is 18.2 Å². The molecule has 134 valence electrons. The molecule has 0 atom stereocenters. The van der Waals surface area contributed by atoms with E-state index in [0.29, 0.717) is 25.2 Å². The second-order valence-corrected chi connectivity index (χ2v) is 6.76. The van der Waals surface area contributed by atoms with Crippen LogP contribution in [0.25, 0.3) is 0 Å². The standard InChI is InChI=1S/C20H22N4O2/c1-15(25)22-8-10-23(11-9-22)18-12-17(13-21-14-18)20(26)24-7-6-16-4-2-3-5-19(16)24/h2-5,12-14H,6-11H2,1H3. The van der Waals surface area contributed by atoms with Crippen LogP contribution >= 0.6 is 0 Å². The summed E-state index contributed by atoms with van der Waals surface area (Å²) >= 11 is 0. The number of amides is 2. The van der Waals surface area contributed by atoms with Crippen LogP contribution in [-0.2, 0) is 11.2 Å². The number of aromatic nitrogens is 1. The summed E-state index contributed by atoms with van der Waals surface area (Å²) in [5.41, 5.74) is 3.75. The monoisotopic (exact) mass is 350 g/mol. The number of rotatable bonds is 2. The van der Waals surface area contributed by atoms with Crippen LogP contribution in [0.3, 0.4) is 0 Å². The molecule has 2 amide bonds. The summed E-state index contributed by atoms with van der Waals surface area (Å²) in [6.45, 7) is 5.22. The Morgan fingerprint density at radius 2 is 1.77 bits per heavy atom. The lowest BCUT2D eigenvalue weighted by molar-refractivity contribution is -0.129. The molecule has 1 aromatic heterocycles. The lowest BCUT2D eigenvalue weighted by Gasteiger charge is -2.35. The van der Waals surface area contributed by atoms with E-state index in [0.717, 1.165) is 30.9 Å². The number of hydrogen-bond donors (Lipinski definition) is 0. The van der Waals surface area contributed by atoms with Crippen LogP contribution in [0.1, 0.15) is 22.8 Å². The van der Waals surface area contributed by atoms with E-state index in [4.69, 9.17) is 0 Å². The van der Waals surface area contributed by atoms with Crippen molar-refractivity contribution in [1.29, 1.82) is 0 Å². The Balaban J connectivity index is 1.52. The first-order chi connectivity index (χ1) is 12.6. The van der Waals surface area contributed by atoms with Crippen LogP contribution in [0, 0.1) is 0 Å². The lowest BCUT2D eigenvalue weighted by atomic mass is 10.1. The number of nitrogens with zero attached hydrogens (tertiary/aromatic N) is 4. The first-order valence-electron chi connectivity index (χ1n) is 8.99. The molecule has 6 nitrogen and oxygen atoms in total. The predicted octanol–water partition coefficient (Wildman–Crippen LogP) is 1.95. The van der Waals surface area contributed by atoms with Gasteiger partial charge in [0, 0.05) is 51.5 Å². The van der Waals surface area contributed by atoms with Crippen molar-refractivity contribution in [1.82, 2.24) is 9.88 Å². The molecule has 1 aromatic carbocycles. The summed E-state index contributed by atoms with van der Waals surface area (Å²) in [5.74, 6) is 0.103. The molecule has 0 aliphatic carbocycles. The highest BCUT2D eigenvalue weighted by atomic mass is 16.2. The van der Waals surface area contributed by atoms with Gasteiger partial charge in [-0.2, -0.15) is 0 Å². The quantitative estimate of drug-likeness (QED) is 0.831. The number of benzene rings is 1. The van der Waals surface area contributed by atoms with E-state index in [1.807, 2.05) is 34.1 Å². The largest absolute Gasteiger partial charge is 0.367 e. The molecule has 0 bridgehead atoms. The van der Waals surface area contributed by atoms with Crippen LogP contribution in [-0.4, -0.2) is 54.4 Å². The first-order valence-corrected chi connectivity index (χ1v) is 8.99. The molecule has 1 saturated heterocycles. The molecular formula is C20H22N4O2. The van der Waals surface area contributed by atoms with Crippen molar-refractivity contribution < 1.29 is 9.59 Å². The maximum atomic E-state index is 13.0. The van der Waals surface area contributed by atoms with Crippen molar-refractivity contribution in [2.24, 2.45) is 0 Å². The predicted molar refractivity (Wildman–Crippen MR) is 101 cm³/mol. The number of hydrogen-bond acceptors (Lipinski definition) is 4. The van der Waals surface area contributed by atoms with Crippen LogP contribution in [0.15, 0.2) is 42.7 Å². The van der Waals surface area contributed by atoms with Gasteiger partial charge in [0.2, 0.25) is 5.91 Å². The number of anilines is 2. The average Bonchev–Trinajstić information content (AvgIpc) is 3.12. The Morgan fingerprint density at radius 3 is 2.54 bits per heavy atom. The van der Waals surface area contributed by atoms with E-state index in [-0.39, 0.29) is 11.8 Å². The molecule has 2 aliphatic rings. The molecule has 0 spiro atoms. The number of carbonyl (C=O) groups excluding carboxylic acids is 2. The van der Waals surface area contributed by atoms with Crippen molar-refractivity contribution in [3.63, 3.8) is 0 Å². The van der Waals surface area contributed by atoms with E-state index < -0.39 is 0 Å². The molecule has 0 saturated carbocycles. The van der Waals surface area contributed by atoms with Crippen LogP contribution in [0.2, 0.25) is 0 Å². The molecule has 2 aliphatic heterocycles. The maximum Gasteiger partial charge on any atom is 0.259 e. The topological polar surface area (TPSA) is 56.8 Å². The minimum Gasteiger partial charge on any atom is -0.367 e. The number of fused-ring (bicyclic) bond motifs is 1. The number of piperazine rings is 1. The summed E-state index contributed by atoms with van der Waals surface area (Å²) in [7, 11) is 0. The van der Waals surface area contributed by atoms with Crippen molar-refractivity contribution in [2.75, 3.05) is 42.5 Å². The molecule has 2 aromatic rings. The fourth-order valence-corrected chi connectivity index (χ4v) is 3.70. The molecule has 1 fully saturated rings. The number of carbonyl (C=O) groups is 2. The van der Waals surface area contributed by atoms with E-state index >= 15 is 0 Å². The van der Waals surface area contributed by atoms with E-state index in [1.54, 1.807) is 19.3 Å². The zero-order valence-corrected chi connectivity index (χ0v) is 14.9. The molecule has 0 N–H and O–H groups in total. The SMILES string of the molecule is CC(=O)N1CCN(c2cncc(C(=O)N3CCc4ccccc43)c2)CC1. The molecule has 3 heterocycles. The third-order valence-corrected chi connectivity index (χ3v) is 5.19. The number of para-hydroxylation sites is 1. The molecule has 6 heteroatoms. The zero-order chi connectivity index (χ0) is 18.1. The zero-order valence-electron chi connectivity index (χ0n) is 14.9. The van der Waals surface area contributed by atoms with Gasteiger partial charge in [0.05, 0.1) is 17.4 Å². The summed E-state index contributed by atoms with van der Waals surface area (Å²) in [5, 5.41) is 0. The lowest BCUT2D eigenvalue weighted by Crippen LogP contribution is -2.48. The van der Waals surface area contributed by atoms with Crippen molar-refractivity contribution in [3.8, 4) is 0 Å². The fraction of sp³-hybridized carbons (Fsp3) is 0.350. The maximum absolute atomic E-state index is 13.0. The Bertz CT molecular complexity index is 843. The van der Waals surface area contributed by atoms with Gasteiger partial charge in [0.25, 0.3) is 5.91 Å². The molecule has 4 rings (SSSR count). The van der Waals surface area contributed by atoms with Crippen molar-refractivity contribution in [3.05, 3.63) is 53.9 Å². The summed E-state index contributed by atoms with van der Waals surface area (Å²) in [6.07, 6.45) is 4.32. The Labute approximate surface area is 153 Å². The summed E-state index contributed by atoms with van der Waals surface area (Å²) in [6, 6.07) is 9.97. The van der Waals surface area contributed by atoms with Crippen molar-refractivity contribution in [2.45, 2.75) is 13.3 Å². The van der Waals surface area contributed by atoms with Crippen LogP contribution < -0.4 is 9.80 Å². The van der Waals surface area contributed by atoms with Gasteiger partial charge in [-0.15, -0.1) is 0 Å². The van der Waals surface area contributed by atoms with E-state index in [2.05, 4.69) is 16.0 Å². The highest BCUT2D eigenvalue weighted by Gasteiger charge is 2.26. The Morgan fingerprint density at radius 1 is 1.00 bits per heavy atom. The normalized spacial score (nSPS) is 16.6. The van der Waals surface area contributed by atoms with Gasteiger partial charge in [0.15, 0.2) is 0 Å². The first kappa shape index (κ1) is 16.6. The Hall–Kier alpha value is -2.89. The van der Waals surface area contributed by atoms with Gasteiger partial charge in [0.1, 0.15) is 0 Å². The van der Waals surface area contributed by atoms with Gasteiger partial charge < -0.3 is 14.7 Å². The fourth-order valence-electron chi connectivity index (χ4n) is 3.70. The molecule has 0 radical (unpaired) electrons. The number of pyridine rings is 1. The second-order valence-electron chi connectivity index (χ2n) is 6.76. The minimum atomic E-state index is -0.00771. The minimum absolute atomic E-state index is 0.00771. The summed E-state index contributed by atoms with van der Waals surface area (Å²) < 4.78 is 0. The van der Waals surface area contributed by atoms with Gasteiger partial charge in [-0.05, 0) is 24.1 Å². The van der Waals surface area contributed by atoms with Crippen LogP contribution in [0.5, 0.6) is 0 Å². The molecule has 26 heavy (non-hydrogen) atoms. The van der Waals surface area contributed by atoms with E-state index in [1.165, 1.54) is 5.56 Å². The average molecular weight is 350 g/mol. The van der Waals surface area contributed by atoms with Gasteiger partial charge in [-0.25, -0.2) is 0 Å². The van der Waals surface area contributed by atoms with E-state index in [9.17, 15) is 9.59 Å². The third-order valence-electron chi connectivity index (χ3n) is 5.19.